The van der Waals surface area contributed by atoms with E-state index in [-0.39, 0.29) is 0 Å². The summed E-state index contributed by atoms with van der Waals surface area (Å²) < 4.78 is 0. The van der Waals surface area contributed by atoms with Gasteiger partial charge in [0.15, 0.2) is 0 Å². The fourth-order valence-corrected chi connectivity index (χ4v) is 2.22. The number of carboxylic acids is 1. The largest absolute Gasteiger partial charge is 0.478 e. The zero-order valence-corrected chi connectivity index (χ0v) is 11.3. The third kappa shape index (κ3) is 3.60. The lowest BCUT2D eigenvalue weighted by molar-refractivity contribution is -0.131. The minimum atomic E-state index is -0.977. The predicted molar refractivity (Wildman–Crippen MR) is 78.6 cm³/mol. The van der Waals surface area contributed by atoms with Crippen molar-refractivity contribution in [3.8, 4) is 11.1 Å². The van der Waals surface area contributed by atoms with E-state index < -0.39 is 5.97 Å². The van der Waals surface area contributed by atoms with Crippen molar-refractivity contribution in [2.75, 3.05) is 0 Å². The molecule has 96 valence electrons. The van der Waals surface area contributed by atoms with Crippen molar-refractivity contribution in [1.82, 2.24) is 0 Å². The van der Waals surface area contributed by atoms with Crippen LogP contribution in [0.1, 0.15) is 5.56 Å². The van der Waals surface area contributed by atoms with E-state index in [9.17, 15) is 4.79 Å². The van der Waals surface area contributed by atoms with Gasteiger partial charge in [-0.3, -0.25) is 0 Å². The highest BCUT2D eigenvalue weighted by molar-refractivity contribution is 6.36. The molecule has 0 aliphatic heterocycles. The summed E-state index contributed by atoms with van der Waals surface area (Å²) in [6.45, 7) is 0. The molecule has 4 heteroatoms. The Bertz CT molecular complexity index is 648. The van der Waals surface area contributed by atoms with Crippen molar-refractivity contribution in [2.24, 2.45) is 0 Å². The van der Waals surface area contributed by atoms with E-state index in [1.165, 1.54) is 6.08 Å². The summed E-state index contributed by atoms with van der Waals surface area (Å²) in [5.74, 6) is -0.977. The average Bonchev–Trinajstić information content (AvgIpc) is 2.36. The van der Waals surface area contributed by atoms with Crippen LogP contribution in [0.25, 0.3) is 17.2 Å². The van der Waals surface area contributed by atoms with Gasteiger partial charge in [-0.05, 0) is 35.4 Å². The summed E-state index contributed by atoms with van der Waals surface area (Å²) in [6, 6.07) is 12.7. The van der Waals surface area contributed by atoms with Crippen LogP contribution in [0.4, 0.5) is 0 Å². The fraction of sp³-hybridized carbons (Fsp3) is 0. The van der Waals surface area contributed by atoms with Gasteiger partial charge in [-0.15, -0.1) is 0 Å². The van der Waals surface area contributed by atoms with E-state index in [1.54, 1.807) is 12.1 Å². The molecule has 2 rings (SSSR count). The van der Waals surface area contributed by atoms with Crippen molar-refractivity contribution < 1.29 is 9.90 Å². The predicted octanol–water partition coefficient (Wildman–Crippen LogP) is 4.76. The maximum atomic E-state index is 10.5. The average molecular weight is 293 g/mol. The lowest BCUT2D eigenvalue weighted by Crippen LogP contribution is -1.86. The van der Waals surface area contributed by atoms with Gasteiger partial charge < -0.3 is 5.11 Å². The van der Waals surface area contributed by atoms with Gasteiger partial charge in [0.2, 0.25) is 0 Å². The van der Waals surface area contributed by atoms with E-state index in [4.69, 9.17) is 28.3 Å². The zero-order chi connectivity index (χ0) is 13.8. The van der Waals surface area contributed by atoms with Crippen LogP contribution in [0.15, 0.2) is 48.5 Å². The zero-order valence-electron chi connectivity index (χ0n) is 9.81. The monoisotopic (exact) mass is 292 g/mol. The Balaban J connectivity index is 2.40. The Morgan fingerprint density at radius 1 is 1.11 bits per heavy atom. The Kier molecular flexibility index (Phi) is 4.25. The molecule has 0 aromatic heterocycles. The number of carboxylic acid groups (broad SMARTS) is 1. The molecule has 0 spiro atoms. The molecule has 19 heavy (non-hydrogen) atoms. The molecule has 0 aliphatic carbocycles. The molecule has 0 heterocycles. The molecule has 0 aliphatic rings. The second-order valence-corrected chi connectivity index (χ2v) is 4.76. The molecule has 2 nitrogen and oxygen atoms in total. The smallest absolute Gasteiger partial charge is 0.328 e. The molecular formula is C15H10Cl2O2. The van der Waals surface area contributed by atoms with Crippen LogP contribution in [0.2, 0.25) is 10.0 Å². The standard InChI is InChI=1S/C15H10Cl2O2/c16-12-5-6-13(14(17)9-12)11-3-1-2-10(8-11)4-7-15(18)19/h1-9H,(H,18,19). The maximum absolute atomic E-state index is 10.5. The van der Waals surface area contributed by atoms with Crippen LogP contribution < -0.4 is 0 Å². The summed E-state index contributed by atoms with van der Waals surface area (Å²) in [5, 5.41) is 9.75. The van der Waals surface area contributed by atoms with E-state index in [0.29, 0.717) is 10.0 Å². The van der Waals surface area contributed by atoms with Crippen molar-refractivity contribution in [3.63, 3.8) is 0 Å². The Morgan fingerprint density at radius 2 is 1.89 bits per heavy atom. The molecule has 2 aromatic rings. The molecule has 0 saturated heterocycles. The topological polar surface area (TPSA) is 37.3 Å². The SMILES string of the molecule is O=C(O)C=Cc1cccc(-c2ccc(Cl)cc2Cl)c1. The number of rotatable bonds is 3. The third-order valence-corrected chi connectivity index (χ3v) is 3.09. The number of benzene rings is 2. The third-order valence-electron chi connectivity index (χ3n) is 2.55. The Morgan fingerprint density at radius 3 is 2.58 bits per heavy atom. The first-order chi connectivity index (χ1) is 9.06. The Hall–Kier alpha value is -1.77. The lowest BCUT2D eigenvalue weighted by Gasteiger charge is -2.06. The van der Waals surface area contributed by atoms with Gasteiger partial charge in [-0.2, -0.15) is 0 Å². The number of halogens is 2. The van der Waals surface area contributed by atoms with Gasteiger partial charge in [0.25, 0.3) is 0 Å². The molecule has 2 aromatic carbocycles. The van der Waals surface area contributed by atoms with Gasteiger partial charge >= 0.3 is 5.97 Å². The first kappa shape index (κ1) is 13.7. The van der Waals surface area contributed by atoms with E-state index in [1.807, 2.05) is 30.3 Å². The molecule has 0 fully saturated rings. The number of aliphatic carboxylic acids is 1. The highest BCUT2D eigenvalue weighted by Gasteiger charge is 2.04. The number of hydrogen-bond acceptors (Lipinski definition) is 1. The summed E-state index contributed by atoms with van der Waals surface area (Å²) in [4.78, 5) is 10.5. The molecule has 0 unspecified atom stereocenters. The van der Waals surface area contributed by atoms with Crippen molar-refractivity contribution in [2.45, 2.75) is 0 Å². The second-order valence-electron chi connectivity index (χ2n) is 3.92. The van der Waals surface area contributed by atoms with E-state index in [2.05, 4.69) is 0 Å². The highest BCUT2D eigenvalue weighted by Crippen LogP contribution is 2.30. The molecule has 1 N–H and O–H groups in total. The minimum Gasteiger partial charge on any atom is -0.478 e. The first-order valence-corrected chi connectivity index (χ1v) is 6.28. The van der Waals surface area contributed by atoms with Crippen molar-refractivity contribution >= 4 is 35.2 Å². The lowest BCUT2D eigenvalue weighted by atomic mass is 10.0. The van der Waals surface area contributed by atoms with Gasteiger partial charge in [0.1, 0.15) is 0 Å². The maximum Gasteiger partial charge on any atom is 0.328 e. The van der Waals surface area contributed by atoms with Crippen LogP contribution >= 0.6 is 23.2 Å². The molecule has 0 radical (unpaired) electrons. The molecule has 0 saturated carbocycles. The number of carbonyl (C=O) groups is 1. The van der Waals surface area contributed by atoms with Crippen molar-refractivity contribution in [3.05, 3.63) is 64.1 Å². The fourth-order valence-electron chi connectivity index (χ4n) is 1.70. The van der Waals surface area contributed by atoms with Gasteiger partial charge in [0, 0.05) is 21.7 Å². The van der Waals surface area contributed by atoms with Crippen LogP contribution in [0, 0.1) is 0 Å². The van der Waals surface area contributed by atoms with Gasteiger partial charge in [-0.1, -0.05) is 47.5 Å². The van der Waals surface area contributed by atoms with Crippen molar-refractivity contribution in [1.29, 1.82) is 0 Å². The second kappa shape index (κ2) is 5.91. The van der Waals surface area contributed by atoms with Crippen LogP contribution in [-0.4, -0.2) is 11.1 Å². The Labute approximate surface area is 120 Å². The first-order valence-electron chi connectivity index (χ1n) is 5.53. The summed E-state index contributed by atoms with van der Waals surface area (Å²) in [5.41, 5.74) is 2.57. The van der Waals surface area contributed by atoms with Crippen LogP contribution in [0.5, 0.6) is 0 Å². The van der Waals surface area contributed by atoms with E-state index >= 15 is 0 Å². The number of hydrogen-bond donors (Lipinski definition) is 1. The molecule has 0 bridgehead atoms. The van der Waals surface area contributed by atoms with Gasteiger partial charge in [-0.25, -0.2) is 4.79 Å². The highest BCUT2D eigenvalue weighted by atomic mass is 35.5. The molecular weight excluding hydrogens is 283 g/mol. The quantitative estimate of drug-likeness (QED) is 0.828. The van der Waals surface area contributed by atoms with Gasteiger partial charge in [0.05, 0.1) is 0 Å². The molecule has 0 amide bonds. The minimum absolute atomic E-state index is 0.562. The summed E-state index contributed by atoms with van der Waals surface area (Å²) >= 11 is 12.0. The van der Waals surface area contributed by atoms with E-state index in [0.717, 1.165) is 22.8 Å². The summed E-state index contributed by atoms with van der Waals surface area (Å²) in [7, 11) is 0. The van der Waals surface area contributed by atoms with Crippen LogP contribution in [0.3, 0.4) is 0 Å². The van der Waals surface area contributed by atoms with Crippen LogP contribution in [-0.2, 0) is 4.79 Å². The molecule has 0 atom stereocenters. The summed E-state index contributed by atoms with van der Waals surface area (Å²) in [6.07, 6.45) is 2.64. The normalized spacial score (nSPS) is 10.8.